The first-order chi connectivity index (χ1) is 11.0. The number of aliphatic hydroxyl groups excluding tert-OH is 2. The van der Waals surface area contributed by atoms with Gasteiger partial charge in [0.1, 0.15) is 6.54 Å². The Hall–Kier alpha value is -2.00. The Kier molecular flexibility index (Phi) is 8.20. The van der Waals surface area contributed by atoms with Gasteiger partial charge in [0.25, 0.3) is 11.8 Å². The Bertz CT molecular complexity index is 436. The van der Waals surface area contributed by atoms with E-state index in [1.807, 2.05) is 0 Å². The lowest BCUT2D eigenvalue weighted by Crippen LogP contribution is -2.41. The van der Waals surface area contributed by atoms with Gasteiger partial charge in [0.15, 0.2) is 0 Å². The van der Waals surface area contributed by atoms with E-state index in [4.69, 9.17) is 15.1 Å². The molecule has 1 aliphatic rings. The van der Waals surface area contributed by atoms with Gasteiger partial charge in [-0.1, -0.05) is 0 Å². The maximum atomic E-state index is 12.0. The van der Waals surface area contributed by atoms with Crippen molar-refractivity contribution in [2.24, 2.45) is 0 Å². The van der Waals surface area contributed by atoms with Crippen LogP contribution in [0.4, 0.5) is 0 Å². The standard InChI is InChI=1S/C14H22N2O7/c17-8-2-1-7-15(11(19)4-3-9-18)10-14(22)23-16-12(20)5-6-13(16)21/h17-18H,1-10H2. The number of carbonyl (C=O) groups is 4. The van der Waals surface area contributed by atoms with Crippen LogP contribution in [-0.2, 0) is 24.0 Å². The number of nitrogens with zero attached hydrogens (tertiary/aromatic N) is 2. The highest BCUT2D eigenvalue weighted by molar-refractivity contribution is 6.01. The zero-order valence-corrected chi connectivity index (χ0v) is 12.9. The van der Waals surface area contributed by atoms with Crippen molar-refractivity contribution < 1.29 is 34.2 Å². The number of amides is 3. The summed E-state index contributed by atoms with van der Waals surface area (Å²) in [5, 5.41) is 18.0. The molecule has 0 radical (unpaired) electrons. The van der Waals surface area contributed by atoms with Gasteiger partial charge in [0, 0.05) is 39.0 Å². The first kappa shape index (κ1) is 19.0. The molecule has 23 heavy (non-hydrogen) atoms. The molecule has 0 bridgehead atoms. The molecular formula is C14H22N2O7. The zero-order valence-electron chi connectivity index (χ0n) is 12.9. The van der Waals surface area contributed by atoms with Gasteiger partial charge in [-0.3, -0.25) is 14.4 Å². The second-order valence-electron chi connectivity index (χ2n) is 5.12. The minimum absolute atomic E-state index is 0.00174. The molecule has 0 spiro atoms. The monoisotopic (exact) mass is 330 g/mol. The van der Waals surface area contributed by atoms with Crippen LogP contribution in [0.15, 0.2) is 0 Å². The molecule has 3 amide bonds. The number of unbranched alkanes of at least 4 members (excludes halogenated alkanes) is 1. The number of rotatable bonds is 10. The van der Waals surface area contributed by atoms with E-state index in [2.05, 4.69) is 0 Å². The van der Waals surface area contributed by atoms with Crippen LogP contribution in [0, 0.1) is 0 Å². The lowest BCUT2D eigenvalue weighted by atomic mass is 10.2. The average molecular weight is 330 g/mol. The molecule has 1 rings (SSSR count). The van der Waals surface area contributed by atoms with Crippen LogP contribution in [0.5, 0.6) is 0 Å². The maximum Gasteiger partial charge on any atom is 0.352 e. The molecule has 0 aromatic carbocycles. The van der Waals surface area contributed by atoms with E-state index < -0.39 is 24.3 Å². The van der Waals surface area contributed by atoms with Gasteiger partial charge in [-0.25, -0.2) is 4.79 Å². The number of hydrogen-bond acceptors (Lipinski definition) is 7. The lowest BCUT2D eigenvalue weighted by molar-refractivity contribution is -0.198. The van der Waals surface area contributed by atoms with Crippen LogP contribution in [0.3, 0.4) is 0 Å². The second-order valence-corrected chi connectivity index (χ2v) is 5.12. The van der Waals surface area contributed by atoms with Crippen molar-refractivity contribution in [3.63, 3.8) is 0 Å². The molecule has 0 aromatic heterocycles. The molecular weight excluding hydrogens is 308 g/mol. The third-order valence-corrected chi connectivity index (χ3v) is 3.26. The SMILES string of the molecule is O=C(CN(CCCCO)C(=O)CCCO)ON1C(=O)CCC1=O. The van der Waals surface area contributed by atoms with E-state index >= 15 is 0 Å². The Morgan fingerprint density at radius 1 is 1.04 bits per heavy atom. The summed E-state index contributed by atoms with van der Waals surface area (Å²) in [5.41, 5.74) is 0. The highest BCUT2D eigenvalue weighted by Gasteiger charge is 2.33. The second kappa shape index (κ2) is 9.90. The van der Waals surface area contributed by atoms with Crippen molar-refractivity contribution in [1.29, 1.82) is 0 Å². The van der Waals surface area contributed by atoms with Crippen molar-refractivity contribution in [2.75, 3.05) is 26.3 Å². The van der Waals surface area contributed by atoms with Crippen molar-refractivity contribution in [3.8, 4) is 0 Å². The Balaban J connectivity index is 2.56. The highest BCUT2D eigenvalue weighted by atomic mass is 16.7. The highest BCUT2D eigenvalue weighted by Crippen LogP contribution is 2.12. The summed E-state index contributed by atoms with van der Waals surface area (Å²) in [6.45, 7) is -0.327. The fraction of sp³-hybridized carbons (Fsp3) is 0.714. The van der Waals surface area contributed by atoms with E-state index in [0.29, 0.717) is 17.9 Å². The van der Waals surface area contributed by atoms with Crippen LogP contribution >= 0.6 is 0 Å². The number of hydrogen-bond donors (Lipinski definition) is 2. The van der Waals surface area contributed by atoms with Gasteiger partial charge in [-0.2, -0.15) is 0 Å². The van der Waals surface area contributed by atoms with Gasteiger partial charge in [-0.15, -0.1) is 5.06 Å². The molecule has 1 saturated heterocycles. The molecule has 0 atom stereocenters. The van der Waals surface area contributed by atoms with Gasteiger partial charge in [-0.05, 0) is 19.3 Å². The largest absolute Gasteiger partial charge is 0.396 e. The van der Waals surface area contributed by atoms with Gasteiger partial charge < -0.3 is 20.0 Å². The molecule has 0 aliphatic carbocycles. The van der Waals surface area contributed by atoms with Crippen molar-refractivity contribution in [1.82, 2.24) is 9.96 Å². The Morgan fingerprint density at radius 3 is 2.22 bits per heavy atom. The summed E-state index contributed by atoms with van der Waals surface area (Å²) >= 11 is 0. The minimum Gasteiger partial charge on any atom is -0.396 e. The molecule has 9 heteroatoms. The minimum atomic E-state index is -0.880. The van der Waals surface area contributed by atoms with E-state index in [0.717, 1.165) is 0 Å². The van der Waals surface area contributed by atoms with Crippen LogP contribution in [0.2, 0.25) is 0 Å². The fourth-order valence-electron chi connectivity index (χ4n) is 2.04. The summed E-state index contributed by atoms with van der Waals surface area (Å²) in [6.07, 6.45) is 1.32. The van der Waals surface area contributed by atoms with Crippen molar-refractivity contribution in [3.05, 3.63) is 0 Å². The van der Waals surface area contributed by atoms with Gasteiger partial charge >= 0.3 is 5.97 Å². The van der Waals surface area contributed by atoms with Crippen LogP contribution in [-0.4, -0.2) is 70.2 Å². The molecule has 0 aromatic rings. The predicted octanol–water partition coefficient (Wildman–Crippen LogP) is -1.03. The zero-order chi connectivity index (χ0) is 17.2. The van der Waals surface area contributed by atoms with E-state index in [-0.39, 0.29) is 51.3 Å². The van der Waals surface area contributed by atoms with Crippen molar-refractivity contribution >= 4 is 23.7 Å². The molecule has 0 unspecified atom stereocenters. The summed E-state index contributed by atoms with van der Waals surface area (Å²) in [5.74, 6) is -2.38. The van der Waals surface area contributed by atoms with E-state index in [1.165, 1.54) is 4.90 Å². The van der Waals surface area contributed by atoms with E-state index in [1.54, 1.807) is 0 Å². The molecule has 1 aliphatic heterocycles. The summed E-state index contributed by atoms with van der Waals surface area (Å²) in [7, 11) is 0. The Morgan fingerprint density at radius 2 is 1.65 bits per heavy atom. The third kappa shape index (κ3) is 6.33. The van der Waals surface area contributed by atoms with Crippen LogP contribution in [0.1, 0.15) is 38.5 Å². The smallest absolute Gasteiger partial charge is 0.352 e. The van der Waals surface area contributed by atoms with Gasteiger partial charge in [0.2, 0.25) is 5.91 Å². The number of aliphatic hydroxyl groups is 2. The summed E-state index contributed by atoms with van der Waals surface area (Å²) < 4.78 is 0. The molecule has 2 N–H and O–H groups in total. The van der Waals surface area contributed by atoms with Crippen LogP contribution < -0.4 is 0 Å². The van der Waals surface area contributed by atoms with Gasteiger partial charge in [0.05, 0.1) is 0 Å². The average Bonchev–Trinajstić information content (AvgIpc) is 2.83. The fourth-order valence-corrected chi connectivity index (χ4v) is 2.04. The first-order valence-electron chi connectivity index (χ1n) is 7.55. The number of imide groups is 1. The molecule has 0 saturated carbocycles. The molecule has 130 valence electrons. The van der Waals surface area contributed by atoms with Crippen LogP contribution in [0.25, 0.3) is 0 Å². The molecule has 1 fully saturated rings. The summed E-state index contributed by atoms with van der Waals surface area (Å²) in [4.78, 5) is 52.6. The number of hydroxylamine groups is 2. The third-order valence-electron chi connectivity index (χ3n) is 3.26. The first-order valence-corrected chi connectivity index (χ1v) is 7.55. The van der Waals surface area contributed by atoms with Crippen molar-refractivity contribution in [2.45, 2.75) is 38.5 Å². The molecule has 1 heterocycles. The predicted molar refractivity (Wildman–Crippen MR) is 76.4 cm³/mol. The lowest BCUT2D eigenvalue weighted by Gasteiger charge is -2.22. The summed E-state index contributed by atoms with van der Waals surface area (Å²) in [6, 6.07) is 0. The normalized spacial score (nSPS) is 14.3. The quantitative estimate of drug-likeness (QED) is 0.387. The maximum absolute atomic E-state index is 12.0. The molecule has 9 nitrogen and oxygen atoms in total. The topological polar surface area (TPSA) is 124 Å². The Labute approximate surface area is 133 Å². The number of carbonyl (C=O) groups excluding carboxylic acids is 4. The van der Waals surface area contributed by atoms with E-state index in [9.17, 15) is 19.2 Å².